The summed E-state index contributed by atoms with van der Waals surface area (Å²) in [6, 6.07) is 1.03. The van der Waals surface area contributed by atoms with Crippen LogP contribution in [0.3, 0.4) is 0 Å². The largest absolute Gasteiger partial charge is 0.395 e. The first-order valence-corrected chi connectivity index (χ1v) is 6.03. The molecule has 0 aromatic rings. The van der Waals surface area contributed by atoms with Crippen LogP contribution in [0, 0.1) is 5.41 Å². The highest BCUT2D eigenvalue weighted by molar-refractivity contribution is 4.98. The molecule has 82 valence electrons. The lowest BCUT2D eigenvalue weighted by molar-refractivity contribution is 0.130. The maximum atomic E-state index is 9.39. The van der Waals surface area contributed by atoms with Crippen molar-refractivity contribution in [3.63, 3.8) is 0 Å². The molecule has 0 bridgehead atoms. The Morgan fingerprint density at radius 3 is 2.43 bits per heavy atom. The lowest BCUT2D eigenvalue weighted by atomic mass is 9.84. The monoisotopic (exact) mass is 197 g/mol. The fourth-order valence-electron chi connectivity index (χ4n) is 3.46. The van der Waals surface area contributed by atoms with Gasteiger partial charge in [-0.2, -0.15) is 0 Å². The molecule has 14 heavy (non-hydrogen) atoms. The van der Waals surface area contributed by atoms with E-state index in [1.54, 1.807) is 0 Å². The van der Waals surface area contributed by atoms with E-state index in [9.17, 15) is 5.11 Å². The van der Waals surface area contributed by atoms with E-state index in [0.29, 0.717) is 24.1 Å². The van der Waals surface area contributed by atoms with Crippen molar-refractivity contribution in [2.45, 2.75) is 58.0 Å². The number of aliphatic hydroxyl groups is 1. The second-order valence-electron chi connectivity index (χ2n) is 5.51. The summed E-state index contributed by atoms with van der Waals surface area (Å²) in [5.41, 5.74) is 0.581. The molecular weight excluding hydrogens is 174 g/mol. The van der Waals surface area contributed by atoms with Gasteiger partial charge in [0, 0.05) is 18.6 Å². The summed E-state index contributed by atoms with van der Waals surface area (Å²) in [5, 5.41) is 9.39. The minimum absolute atomic E-state index is 0.347. The Morgan fingerprint density at radius 2 is 2.00 bits per heavy atom. The highest BCUT2D eigenvalue weighted by Gasteiger charge is 2.45. The first-order chi connectivity index (χ1) is 6.67. The maximum Gasteiger partial charge on any atom is 0.0587 e. The van der Waals surface area contributed by atoms with Crippen LogP contribution in [0.15, 0.2) is 0 Å². The van der Waals surface area contributed by atoms with Crippen LogP contribution in [0.4, 0.5) is 0 Å². The van der Waals surface area contributed by atoms with E-state index >= 15 is 0 Å². The zero-order chi connectivity index (χ0) is 10.2. The van der Waals surface area contributed by atoms with Gasteiger partial charge in [-0.15, -0.1) is 0 Å². The zero-order valence-corrected chi connectivity index (χ0v) is 9.50. The van der Waals surface area contributed by atoms with Crippen molar-refractivity contribution in [2.24, 2.45) is 5.41 Å². The minimum atomic E-state index is 0.347. The van der Waals surface area contributed by atoms with Crippen molar-refractivity contribution in [1.29, 1.82) is 0 Å². The van der Waals surface area contributed by atoms with E-state index in [1.165, 1.54) is 38.6 Å². The van der Waals surface area contributed by atoms with Crippen LogP contribution in [0.1, 0.15) is 46.0 Å². The highest BCUT2D eigenvalue weighted by Crippen LogP contribution is 2.48. The summed E-state index contributed by atoms with van der Waals surface area (Å²) in [4.78, 5) is 2.51. The third kappa shape index (κ3) is 1.70. The van der Waals surface area contributed by atoms with Crippen LogP contribution >= 0.6 is 0 Å². The standard InChI is InChI=1S/C12H23NO/c1-10(2)13-9-12(5-3-4-6-12)7-11(13)8-14/h10-11,14H,3-9H2,1-2H3. The molecular formula is C12H23NO. The van der Waals surface area contributed by atoms with E-state index in [0.717, 1.165) is 0 Å². The smallest absolute Gasteiger partial charge is 0.0587 e. The van der Waals surface area contributed by atoms with Crippen molar-refractivity contribution in [3.8, 4) is 0 Å². The average Bonchev–Trinajstić information content (AvgIpc) is 2.74. The average molecular weight is 197 g/mol. The van der Waals surface area contributed by atoms with E-state index in [-0.39, 0.29) is 0 Å². The van der Waals surface area contributed by atoms with Crippen LogP contribution in [-0.2, 0) is 0 Å². The summed E-state index contributed by atoms with van der Waals surface area (Å²) in [7, 11) is 0. The van der Waals surface area contributed by atoms with Crippen LogP contribution < -0.4 is 0 Å². The van der Waals surface area contributed by atoms with E-state index < -0.39 is 0 Å². The van der Waals surface area contributed by atoms with Crippen LogP contribution in [0.5, 0.6) is 0 Å². The Bertz CT molecular complexity index is 196. The van der Waals surface area contributed by atoms with Gasteiger partial charge in [0.15, 0.2) is 0 Å². The van der Waals surface area contributed by atoms with Crippen LogP contribution in [0.25, 0.3) is 0 Å². The Kier molecular flexibility index (Phi) is 2.85. The van der Waals surface area contributed by atoms with Gasteiger partial charge in [-0.05, 0) is 38.5 Å². The van der Waals surface area contributed by atoms with Crippen molar-refractivity contribution in [3.05, 3.63) is 0 Å². The molecule has 2 aliphatic rings. The number of hydrogen-bond acceptors (Lipinski definition) is 2. The summed E-state index contributed by atoms with van der Waals surface area (Å²) in [6.07, 6.45) is 6.84. The molecule has 1 unspecified atom stereocenters. The molecule has 1 saturated heterocycles. The zero-order valence-electron chi connectivity index (χ0n) is 9.50. The molecule has 0 amide bonds. The summed E-state index contributed by atoms with van der Waals surface area (Å²) < 4.78 is 0. The maximum absolute atomic E-state index is 9.39. The second-order valence-corrected chi connectivity index (χ2v) is 5.51. The molecule has 0 aromatic carbocycles. The first kappa shape index (κ1) is 10.4. The molecule has 2 nitrogen and oxygen atoms in total. The minimum Gasteiger partial charge on any atom is -0.395 e. The second kappa shape index (κ2) is 3.82. The van der Waals surface area contributed by atoms with Crippen molar-refractivity contribution in [2.75, 3.05) is 13.2 Å². The van der Waals surface area contributed by atoms with Crippen molar-refractivity contribution in [1.82, 2.24) is 4.90 Å². The lowest BCUT2D eigenvalue weighted by Gasteiger charge is -2.27. The molecule has 1 aliphatic carbocycles. The molecule has 2 fully saturated rings. The first-order valence-electron chi connectivity index (χ1n) is 6.03. The fraction of sp³-hybridized carbons (Fsp3) is 1.00. The number of rotatable bonds is 2. The molecule has 2 heteroatoms. The normalized spacial score (nSPS) is 32.1. The van der Waals surface area contributed by atoms with Crippen molar-refractivity contribution < 1.29 is 5.11 Å². The quantitative estimate of drug-likeness (QED) is 0.732. The van der Waals surface area contributed by atoms with Gasteiger partial charge < -0.3 is 5.11 Å². The summed E-state index contributed by atoms with van der Waals surface area (Å²) in [5.74, 6) is 0. The van der Waals surface area contributed by atoms with Gasteiger partial charge >= 0.3 is 0 Å². The lowest BCUT2D eigenvalue weighted by Crippen LogP contribution is -2.38. The SMILES string of the molecule is CC(C)N1CC2(CCCC2)CC1CO. The number of hydrogen-bond donors (Lipinski definition) is 1. The topological polar surface area (TPSA) is 23.5 Å². The number of aliphatic hydroxyl groups excluding tert-OH is 1. The molecule has 1 spiro atoms. The fourth-order valence-corrected chi connectivity index (χ4v) is 3.46. The van der Waals surface area contributed by atoms with Gasteiger partial charge in [0.25, 0.3) is 0 Å². The Morgan fingerprint density at radius 1 is 1.36 bits per heavy atom. The van der Waals surface area contributed by atoms with E-state index in [2.05, 4.69) is 18.7 Å². The van der Waals surface area contributed by atoms with Gasteiger partial charge in [-0.3, -0.25) is 4.90 Å². The molecule has 1 atom stereocenters. The van der Waals surface area contributed by atoms with Crippen LogP contribution in [-0.4, -0.2) is 35.2 Å². The predicted molar refractivity (Wildman–Crippen MR) is 58.2 cm³/mol. The third-order valence-corrected chi connectivity index (χ3v) is 4.19. The molecule has 0 aromatic heterocycles. The van der Waals surface area contributed by atoms with E-state index in [4.69, 9.17) is 0 Å². The Balaban J connectivity index is 2.06. The van der Waals surface area contributed by atoms with E-state index in [1.807, 2.05) is 0 Å². The molecule has 1 aliphatic heterocycles. The van der Waals surface area contributed by atoms with Gasteiger partial charge in [-0.25, -0.2) is 0 Å². The summed E-state index contributed by atoms with van der Waals surface area (Å²) >= 11 is 0. The Hall–Kier alpha value is -0.0800. The molecule has 1 heterocycles. The number of likely N-dealkylation sites (tertiary alicyclic amines) is 1. The predicted octanol–water partition coefficient (Wildman–Crippen LogP) is 2.02. The van der Waals surface area contributed by atoms with Gasteiger partial charge in [0.1, 0.15) is 0 Å². The molecule has 2 rings (SSSR count). The summed E-state index contributed by atoms with van der Waals surface area (Å²) in [6.45, 7) is 6.07. The molecule has 1 N–H and O–H groups in total. The van der Waals surface area contributed by atoms with Gasteiger partial charge in [-0.1, -0.05) is 12.8 Å². The Labute approximate surface area is 87.3 Å². The third-order valence-electron chi connectivity index (χ3n) is 4.19. The molecule has 1 saturated carbocycles. The van der Waals surface area contributed by atoms with Crippen LogP contribution in [0.2, 0.25) is 0 Å². The van der Waals surface area contributed by atoms with Gasteiger partial charge in [0.05, 0.1) is 6.61 Å². The number of nitrogens with zero attached hydrogens (tertiary/aromatic N) is 1. The highest BCUT2D eigenvalue weighted by atomic mass is 16.3. The van der Waals surface area contributed by atoms with Crippen molar-refractivity contribution >= 4 is 0 Å². The molecule has 0 radical (unpaired) electrons. The van der Waals surface area contributed by atoms with Gasteiger partial charge in [0.2, 0.25) is 0 Å².